The molecule has 5 heteroatoms. The molecule has 2 heterocycles. The third-order valence-corrected chi connectivity index (χ3v) is 4.00. The standard InChI is InChI=1S/C20H12ClNO3/c21-15-6-2-1-5-14(15)18-12-10-13(24-18)9-11-17(23)20-22-16-7-3-4-8-19(16)25-20/h1-12H. The second-order valence-electron chi connectivity index (χ2n) is 5.37. The summed E-state index contributed by atoms with van der Waals surface area (Å²) in [6.07, 6.45) is 2.96. The number of hydrogen-bond acceptors (Lipinski definition) is 4. The molecule has 0 amide bonds. The van der Waals surface area contributed by atoms with Crippen molar-refractivity contribution in [2.24, 2.45) is 0 Å². The number of nitrogens with zero attached hydrogens (tertiary/aromatic N) is 1. The van der Waals surface area contributed by atoms with Gasteiger partial charge < -0.3 is 8.83 Å². The van der Waals surface area contributed by atoms with Crippen LogP contribution in [-0.4, -0.2) is 10.8 Å². The largest absolute Gasteiger partial charge is 0.457 e. The number of hydrogen-bond donors (Lipinski definition) is 0. The average Bonchev–Trinajstić information content (AvgIpc) is 3.27. The molecule has 0 saturated heterocycles. The van der Waals surface area contributed by atoms with Gasteiger partial charge in [-0.2, -0.15) is 0 Å². The van der Waals surface area contributed by atoms with Gasteiger partial charge in [0.05, 0.1) is 5.02 Å². The van der Waals surface area contributed by atoms with Crippen molar-refractivity contribution < 1.29 is 13.6 Å². The van der Waals surface area contributed by atoms with E-state index in [0.29, 0.717) is 27.6 Å². The van der Waals surface area contributed by atoms with E-state index in [9.17, 15) is 4.79 Å². The molecule has 0 aliphatic carbocycles. The van der Waals surface area contributed by atoms with Crippen LogP contribution in [0, 0.1) is 0 Å². The van der Waals surface area contributed by atoms with Gasteiger partial charge in [0.15, 0.2) is 5.58 Å². The fourth-order valence-electron chi connectivity index (χ4n) is 2.45. The van der Waals surface area contributed by atoms with Crippen molar-refractivity contribution in [1.82, 2.24) is 4.98 Å². The number of aromatic nitrogens is 1. The highest BCUT2D eigenvalue weighted by Crippen LogP contribution is 2.29. The van der Waals surface area contributed by atoms with Crippen LogP contribution < -0.4 is 0 Å². The van der Waals surface area contributed by atoms with Crippen molar-refractivity contribution >= 4 is 34.6 Å². The van der Waals surface area contributed by atoms with Crippen LogP contribution in [0.4, 0.5) is 0 Å². The van der Waals surface area contributed by atoms with Crippen molar-refractivity contribution in [3.05, 3.63) is 83.4 Å². The van der Waals surface area contributed by atoms with Gasteiger partial charge in [-0.1, -0.05) is 35.9 Å². The van der Waals surface area contributed by atoms with Crippen LogP contribution in [-0.2, 0) is 0 Å². The number of carbonyl (C=O) groups is 1. The molecule has 4 aromatic rings. The first kappa shape index (κ1) is 15.4. The Bertz CT molecular complexity index is 1060. The second-order valence-corrected chi connectivity index (χ2v) is 5.77. The zero-order valence-corrected chi connectivity index (χ0v) is 13.7. The number of furan rings is 1. The second kappa shape index (κ2) is 6.42. The number of oxazole rings is 1. The monoisotopic (exact) mass is 349 g/mol. The quantitative estimate of drug-likeness (QED) is 0.353. The third-order valence-electron chi connectivity index (χ3n) is 3.67. The smallest absolute Gasteiger partial charge is 0.268 e. The molecule has 0 N–H and O–H groups in total. The fourth-order valence-corrected chi connectivity index (χ4v) is 2.68. The zero-order valence-electron chi connectivity index (χ0n) is 13.0. The molecule has 0 bridgehead atoms. The van der Waals surface area contributed by atoms with Crippen LogP contribution in [0.2, 0.25) is 5.02 Å². The van der Waals surface area contributed by atoms with Gasteiger partial charge in [0.1, 0.15) is 17.0 Å². The Kier molecular flexibility index (Phi) is 3.96. The normalized spacial score (nSPS) is 11.4. The molecule has 0 aliphatic rings. The van der Waals surface area contributed by atoms with Crippen molar-refractivity contribution in [3.8, 4) is 11.3 Å². The summed E-state index contributed by atoms with van der Waals surface area (Å²) in [6.45, 7) is 0. The fraction of sp³-hybridized carbons (Fsp3) is 0. The van der Waals surface area contributed by atoms with Crippen molar-refractivity contribution in [1.29, 1.82) is 0 Å². The molecule has 2 aromatic carbocycles. The van der Waals surface area contributed by atoms with Gasteiger partial charge >= 0.3 is 0 Å². The number of allylic oxidation sites excluding steroid dienone is 1. The highest BCUT2D eigenvalue weighted by Gasteiger charge is 2.12. The Balaban J connectivity index is 1.56. The highest BCUT2D eigenvalue weighted by molar-refractivity contribution is 6.33. The molecular weight excluding hydrogens is 338 g/mol. The van der Waals surface area contributed by atoms with E-state index in [1.165, 1.54) is 6.08 Å². The van der Waals surface area contributed by atoms with Gasteiger partial charge in [0, 0.05) is 5.56 Å². The summed E-state index contributed by atoms with van der Waals surface area (Å²) in [4.78, 5) is 16.4. The van der Waals surface area contributed by atoms with E-state index in [0.717, 1.165) is 5.56 Å². The number of halogens is 1. The third kappa shape index (κ3) is 3.12. The van der Waals surface area contributed by atoms with Crippen LogP contribution in [0.1, 0.15) is 16.4 Å². The first-order valence-corrected chi connectivity index (χ1v) is 8.01. The molecule has 2 aromatic heterocycles. The van der Waals surface area contributed by atoms with Crippen molar-refractivity contribution in [2.45, 2.75) is 0 Å². The summed E-state index contributed by atoms with van der Waals surface area (Å²) in [5.41, 5.74) is 2.03. The summed E-state index contributed by atoms with van der Waals surface area (Å²) in [5, 5.41) is 0.606. The summed E-state index contributed by atoms with van der Waals surface area (Å²) >= 11 is 6.16. The van der Waals surface area contributed by atoms with E-state index in [-0.39, 0.29) is 11.7 Å². The Morgan fingerprint density at radius 1 is 0.960 bits per heavy atom. The van der Waals surface area contributed by atoms with Crippen LogP contribution in [0.15, 0.2) is 75.6 Å². The van der Waals surface area contributed by atoms with E-state index >= 15 is 0 Å². The average molecular weight is 350 g/mol. The molecule has 0 atom stereocenters. The van der Waals surface area contributed by atoms with E-state index in [1.807, 2.05) is 36.4 Å². The maximum atomic E-state index is 12.2. The van der Waals surface area contributed by atoms with E-state index < -0.39 is 0 Å². The predicted molar refractivity (Wildman–Crippen MR) is 96.5 cm³/mol. The van der Waals surface area contributed by atoms with E-state index in [2.05, 4.69) is 4.98 Å². The molecule has 122 valence electrons. The summed E-state index contributed by atoms with van der Waals surface area (Å²) in [7, 11) is 0. The molecule has 0 aliphatic heterocycles. The number of carbonyl (C=O) groups excluding carboxylic acids is 1. The van der Waals surface area contributed by atoms with Crippen LogP contribution in [0.5, 0.6) is 0 Å². The Hall–Kier alpha value is -3.11. The van der Waals surface area contributed by atoms with Crippen LogP contribution in [0.25, 0.3) is 28.5 Å². The number of para-hydroxylation sites is 2. The van der Waals surface area contributed by atoms with Gasteiger partial charge in [0.2, 0.25) is 5.78 Å². The van der Waals surface area contributed by atoms with Crippen LogP contribution >= 0.6 is 11.6 Å². The Morgan fingerprint density at radius 2 is 1.76 bits per heavy atom. The maximum absolute atomic E-state index is 12.2. The highest BCUT2D eigenvalue weighted by atomic mass is 35.5. The summed E-state index contributed by atoms with van der Waals surface area (Å²) < 4.78 is 11.2. The molecule has 0 fully saturated rings. The minimum Gasteiger partial charge on any atom is -0.457 e. The summed E-state index contributed by atoms with van der Waals surface area (Å²) in [5.74, 6) is 0.904. The van der Waals surface area contributed by atoms with Gasteiger partial charge in [0.25, 0.3) is 5.89 Å². The lowest BCUT2D eigenvalue weighted by Crippen LogP contribution is -1.93. The minimum atomic E-state index is -0.327. The molecule has 0 spiro atoms. The lowest BCUT2D eigenvalue weighted by molar-refractivity contribution is 0.101. The van der Waals surface area contributed by atoms with Crippen molar-refractivity contribution in [3.63, 3.8) is 0 Å². The topological polar surface area (TPSA) is 56.2 Å². The number of fused-ring (bicyclic) bond motifs is 1. The molecule has 4 rings (SSSR count). The number of rotatable bonds is 4. The molecule has 0 radical (unpaired) electrons. The van der Waals surface area contributed by atoms with Crippen molar-refractivity contribution in [2.75, 3.05) is 0 Å². The van der Waals surface area contributed by atoms with Gasteiger partial charge in [-0.3, -0.25) is 4.79 Å². The lowest BCUT2D eigenvalue weighted by atomic mass is 10.2. The molecular formula is C20H12ClNO3. The maximum Gasteiger partial charge on any atom is 0.268 e. The Morgan fingerprint density at radius 3 is 2.60 bits per heavy atom. The van der Waals surface area contributed by atoms with Gasteiger partial charge in [-0.25, -0.2) is 4.98 Å². The molecule has 4 nitrogen and oxygen atoms in total. The van der Waals surface area contributed by atoms with Gasteiger partial charge in [-0.05, 0) is 48.6 Å². The number of benzene rings is 2. The first-order chi connectivity index (χ1) is 12.2. The molecule has 0 unspecified atom stereocenters. The Labute approximate surface area is 148 Å². The van der Waals surface area contributed by atoms with Gasteiger partial charge in [-0.15, -0.1) is 0 Å². The first-order valence-electron chi connectivity index (χ1n) is 7.63. The molecule has 25 heavy (non-hydrogen) atoms. The predicted octanol–water partition coefficient (Wildman–Crippen LogP) is 5.64. The minimum absolute atomic E-state index is 0.0512. The van der Waals surface area contributed by atoms with E-state index in [4.69, 9.17) is 20.4 Å². The van der Waals surface area contributed by atoms with Crippen LogP contribution in [0.3, 0.4) is 0 Å². The van der Waals surface area contributed by atoms with E-state index in [1.54, 1.807) is 30.3 Å². The zero-order chi connectivity index (χ0) is 17.2. The lowest BCUT2D eigenvalue weighted by Gasteiger charge is -1.98. The number of ketones is 1. The summed E-state index contributed by atoms with van der Waals surface area (Å²) in [6, 6.07) is 18.2. The molecule has 0 saturated carbocycles. The SMILES string of the molecule is O=C(C=Cc1ccc(-c2ccccc2Cl)o1)c1nc2ccccc2o1.